The van der Waals surface area contributed by atoms with Crippen molar-refractivity contribution in [3.05, 3.63) is 40.9 Å². The summed E-state index contributed by atoms with van der Waals surface area (Å²) in [6.45, 7) is 1.55. The Morgan fingerprint density at radius 2 is 2.04 bits per heavy atom. The fourth-order valence-electron chi connectivity index (χ4n) is 3.21. The van der Waals surface area contributed by atoms with Gasteiger partial charge in [-0.15, -0.1) is 0 Å². The highest BCUT2D eigenvalue weighted by molar-refractivity contribution is 5.77. The number of nitrogens with zero attached hydrogens (tertiary/aromatic N) is 3. The minimum atomic E-state index is -1.01. The number of benzene rings is 1. The highest BCUT2D eigenvalue weighted by Gasteiger charge is 2.34. The third kappa shape index (κ3) is 3.88. The van der Waals surface area contributed by atoms with Crippen molar-refractivity contribution >= 4 is 16.8 Å². The van der Waals surface area contributed by atoms with Crippen LogP contribution in [0.5, 0.6) is 0 Å². The molecule has 1 N–H and O–H groups in total. The minimum absolute atomic E-state index is 0.0356. The van der Waals surface area contributed by atoms with Crippen molar-refractivity contribution in [2.75, 3.05) is 26.8 Å². The summed E-state index contributed by atoms with van der Waals surface area (Å²) in [4.78, 5) is 30.6. The number of carbonyl (C=O) groups excluding carboxylic acids is 1. The molecule has 2 heterocycles. The van der Waals surface area contributed by atoms with Crippen LogP contribution < -0.4 is 5.56 Å². The molecule has 1 aliphatic rings. The molecule has 2 aromatic rings. The van der Waals surface area contributed by atoms with Crippen molar-refractivity contribution in [1.29, 1.82) is 0 Å². The topological polar surface area (TPSA) is 84.7 Å². The fraction of sp³-hybridized carbons (Fsp3) is 0.500. The van der Waals surface area contributed by atoms with Gasteiger partial charge >= 0.3 is 0 Å². The number of piperidine rings is 1. The molecular weight excluding hydrogens is 322 g/mol. The van der Waals surface area contributed by atoms with E-state index in [1.165, 1.54) is 10.9 Å². The third-order valence-corrected chi connectivity index (χ3v) is 4.76. The molecule has 0 atom stereocenters. The van der Waals surface area contributed by atoms with E-state index >= 15 is 0 Å². The monoisotopic (exact) mass is 345 g/mol. The normalized spacial score (nSPS) is 17.0. The Morgan fingerprint density at radius 1 is 1.32 bits per heavy atom. The van der Waals surface area contributed by atoms with Gasteiger partial charge in [-0.2, -0.15) is 0 Å². The molecule has 0 aliphatic carbocycles. The summed E-state index contributed by atoms with van der Waals surface area (Å²) in [5, 5.41) is 11.4. The van der Waals surface area contributed by atoms with Gasteiger partial charge in [-0.05, 0) is 25.0 Å². The van der Waals surface area contributed by atoms with Gasteiger partial charge in [0, 0.05) is 20.2 Å². The number of methoxy groups -OCH3 is 1. The Hall–Kier alpha value is -2.25. The van der Waals surface area contributed by atoms with E-state index in [2.05, 4.69) is 4.98 Å². The average molecular weight is 345 g/mol. The molecule has 0 bridgehead atoms. The number of fused-ring (bicyclic) bond motifs is 1. The van der Waals surface area contributed by atoms with Gasteiger partial charge in [0.25, 0.3) is 5.56 Å². The van der Waals surface area contributed by atoms with Crippen molar-refractivity contribution in [3.8, 4) is 0 Å². The van der Waals surface area contributed by atoms with Gasteiger partial charge in [0.15, 0.2) is 0 Å². The number of likely N-dealkylation sites (tertiary alicyclic amines) is 1. The first-order valence-electron chi connectivity index (χ1n) is 8.46. The fourth-order valence-corrected chi connectivity index (χ4v) is 3.21. The zero-order valence-electron chi connectivity index (χ0n) is 14.4. The van der Waals surface area contributed by atoms with Crippen LogP contribution in [0, 0.1) is 0 Å². The van der Waals surface area contributed by atoms with E-state index in [1.807, 2.05) is 6.07 Å². The molecule has 7 heteroatoms. The second kappa shape index (κ2) is 7.33. The molecule has 7 nitrogen and oxygen atoms in total. The molecule has 0 spiro atoms. The first-order valence-corrected chi connectivity index (χ1v) is 8.46. The number of ether oxygens (including phenoxy) is 1. The first kappa shape index (κ1) is 17.6. The van der Waals surface area contributed by atoms with Gasteiger partial charge in [-0.3, -0.25) is 14.2 Å². The van der Waals surface area contributed by atoms with Crippen LogP contribution in [0.15, 0.2) is 35.4 Å². The van der Waals surface area contributed by atoms with Gasteiger partial charge in [0.05, 0.1) is 42.4 Å². The summed E-state index contributed by atoms with van der Waals surface area (Å²) in [7, 11) is 1.57. The Kier molecular flexibility index (Phi) is 5.15. The number of aliphatic hydroxyl groups is 1. The summed E-state index contributed by atoms with van der Waals surface area (Å²) in [6, 6.07) is 7.17. The van der Waals surface area contributed by atoms with Gasteiger partial charge in [-0.1, -0.05) is 12.1 Å². The highest BCUT2D eigenvalue weighted by atomic mass is 16.5. The van der Waals surface area contributed by atoms with Crippen LogP contribution in [0.4, 0.5) is 0 Å². The van der Waals surface area contributed by atoms with Crippen molar-refractivity contribution < 1.29 is 14.6 Å². The van der Waals surface area contributed by atoms with Gasteiger partial charge < -0.3 is 14.7 Å². The maximum atomic E-state index is 12.6. The molecule has 134 valence electrons. The Bertz CT molecular complexity index is 809. The molecule has 1 fully saturated rings. The largest absolute Gasteiger partial charge is 0.388 e. The van der Waals surface area contributed by atoms with Crippen molar-refractivity contribution in [3.63, 3.8) is 0 Å². The number of para-hydroxylation sites is 1. The summed E-state index contributed by atoms with van der Waals surface area (Å²) >= 11 is 0. The molecule has 1 aliphatic heterocycles. The van der Waals surface area contributed by atoms with Gasteiger partial charge in [-0.25, -0.2) is 4.98 Å². The van der Waals surface area contributed by atoms with E-state index in [1.54, 1.807) is 30.2 Å². The van der Waals surface area contributed by atoms with Crippen LogP contribution in [0.1, 0.15) is 19.3 Å². The molecule has 0 saturated carbocycles. The summed E-state index contributed by atoms with van der Waals surface area (Å²) < 4.78 is 6.39. The number of amides is 1. The van der Waals surface area contributed by atoms with Crippen molar-refractivity contribution in [2.45, 2.75) is 31.4 Å². The van der Waals surface area contributed by atoms with E-state index < -0.39 is 5.60 Å². The third-order valence-electron chi connectivity index (χ3n) is 4.76. The SMILES string of the molecule is COCCC(=O)N1CCC(O)(Cn2cnc3ccccc3c2=O)CC1. The highest BCUT2D eigenvalue weighted by Crippen LogP contribution is 2.24. The summed E-state index contributed by atoms with van der Waals surface area (Å²) in [5.74, 6) is 0.0356. The lowest BCUT2D eigenvalue weighted by Crippen LogP contribution is -2.49. The Labute approximate surface area is 145 Å². The van der Waals surface area contributed by atoms with E-state index in [-0.39, 0.29) is 18.0 Å². The molecule has 25 heavy (non-hydrogen) atoms. The lowest BCUT2D eigenvalue weighted by atomic mass is 9.91. The van der Waals surface area contributed by atoms with E-state index in [9.17, 15) is 14.7 Å². The number of carbonyl (C=O) groups is 1. The lowest BCUT2D eigenvalue weighted by Gasteiger charge is -2.38. The molecule has 3 rings (SSSR count). The molecular formula is C18H23N3O4. The Balaban J connectivity index is 1.69. The standard InChI is InChI=1S/C18H23N3O4/c1-25-11-6-16(22)20-9-7-18(24,8-10-20)12-21-13-19-15-5-3-2-4-14(15)17(21)23/h2-5,13,24H,6-12H2,1H3. The quantitative estimate of drug-likeness (QED) is 0.866. The smallest absolute Gasteiger partial charge is 0.261 e. The van der Waals surface area contributed by atoms with E-state index in [4.69, 9.17) is 4.74 Å². The van der Waals surface area contributed by atoms with Gasteiger partial charge in [0.2, 0.25) is 5.91 Å². The molecule has 1 aromatic heterocycles. The second-order valence-electron chi connectivity index (χ2n) is 6.54. The summed E-state index contributed by atoms with van der Waals surface area (Å²) in [6.07, 6.45) is 2.71. The second-order valence-corrected chi connectivity index (χ2v) is 6.54. The molecule has 0 unspecified atom stereocenters. The van der Waals surface area contributed by atoms with Crippen molar-refractivity contribution in [2.24, 2.45) is 0 Å². The first-order chi connectivity index (χ1) is 12.0. The molecule has 1 amide bonds. The van der Waals surface area contributed by atoms with Crippen LogP contribution >= 0.6 is 0 Å². The lowest BCUT2D eigenvalue weighted by molar-refractivity contribution is -0.136. The zero-order valence-corrected chi connectivity index (χ0v) is 14.4. The number of hydrogen-bond donors (Lipinski definition) is 1. The van der Waals surface area contributed by atoms with E-state index in [0.717, 1.165) is 0 Å². The maximum Gasteiger partial charge on any atom is 0.261 e. The predicted octanol–water partition coefficient (Wildman–Crippen LogP) is 0.786. The summed E-state index contributed by atoms with van der Waals surface area (Å²) in [5.41, 5.74) is -0.515. The maximum absolute atomic E-state index is 12.6. The molecule has 1 saturated heterocycles. The van der Waals surface area contributed by atoms with Crippen LogP contribution in [0.25, 0.3) is 10.9 Å². The minimum Gasteiger partial charge on any atom is -0.388 e. The number of aromatic nitrogens is 2. The number of hydrogen-bond acceptors (Lipinski definition) is 5. The van der Waals surface area contributed by atoms with Gasteiger partial charge in [0.1, 0.15) is 0 Å². The molecule has 1 aromatic carbocycles. The predicted molar refractivity (Wildman–Crippen MR) is 93.3 cm³/mol. The average Bonchev–Trinajstić information content (AvgIpc) is 2.63. The Morgan fingerprint density at radius 3 is 2.76 bits per heavy atom. The van der Waals surface area contributed by atoms with Crippen LogP contribution in [-0.2, 0) is 16.1 Å². The van der Waals surface area contributed by atoms with Crippen LogP contribution in [0.2, 0.25) is 0 Å². The van der Waals surface area contributed by atoms with Crippen molar-refractivity contribution in [1.82, 2.24) is 14.5 Å². The number of rotatable bonds is 5. The zero-order chi connectivity index (χ0) is 17.9. The van der Waals surface area contributed by atoms with Crippen LogP contribution in [-0.4, -0.2) is 57.9 Å². The molecule has 0 radical (unpaired) electrons. The van der Waals surface area contributed by atoms with Crippen LogP contribution in [0.3, 0.4) is 0 Å². The van der Waals surface area contributed by atoms with E-state index in [0.29, 0.717) is 49.9 Å².